The molecule has 0 heterocycles. The lowest BCUT2D eigenvalue weighted by Crippen LogP contribution is -2.01. The number of aliphatic hydroxyl groups excluding tert-OH is 1. The molecule has 0 amide bonds. The topological polar surface area (TPSA) is 20.2 Å². The molecule has 0 aliphatic rings. The van der Waals surface area contributed by atoms with Crippen LogP contribution in [0, 0.1) is 5.82 Å². The van der Waals surface area contributed by atoms with E-state index in [4.69, 9.17) is 11.6 Å². The van der Waals surface area contributed by atoms with Crippen molar-refractivity contribution in [3.8, 4) is 0 Å². The minimum absolute atomic E-state index is 0.239. The molecule has 1 nitrogen and oxygen atoms in total. The van der Waals surface area contributed by atoms with Gasteiger partial charge < -0.3 is 5.11 Å². The van der Waals surface area contributed by atoms with Gasteiger partial charge in [-0.05, 0) is 35.6 Å². The van der Waals surface area contributed by atoms with Gasteiger partial charge in [-0.3, -0.25) is 0 Å². The van der Waals surface area contributed by atoms with Gasteiger partial charge >= 0.3 is 0 Å². The van der Waals surface area contributed by atoms with Crippen molar-refractivity contribution in [2.24, 2.45) is 0 Å². The molecule has 2 unspecified atom stereocenters. The van der Waals surface area contributed by atoms with E-state index in [1.165, 1.54) is 23.8 Å². The van der Waals surface area contributed by atoms with E-state index < -0.39 is 11.9 Å². The largest absolute Gasteiger partial charge is 0.384 e. The summed E-state index contributed by atoms with van der Waals surface area (Å²) in [6.45, 7) is 4.31. The highest BCUT2D eigenvalue weighted by atomic mass is 35.5. The molecule has 2 aromatic carbocycles. The third kappa shape index (κ3) is 3.20. The summed E-state index contributed by atoms with van der Waals surface area (Å²) in [7, 11) is 0. The van der Waals surface area contributed by atoms with Crippen LogP contribution in [0.2, 0.25) is 5.02 Å². The maximum Gasteiger partial charge on any atom is 0.124 e. The lowest BCUT2D eigenvalue weighted by molar-refractivity contribution is 0.220. The van der Waals surface area contributed by atoms with Crippen LogP contribution in [-0.4, -0.2) is 5.11 Å². The van der Waals surface area contributed by atoms with Crippen LogP contribution in [-0.2, 0) is 0 Å². The van der Waals surface area contributed by atoms with Crippen molar-refractivity contribution in [1.82, 2.24) is 0 Å². The first-order chi connectivity index (χ1) is 9.52. The van der Waals surface area contributed by atoms with Crippen molar-refractivity contribution in [3.63, 3.8) is 0 Å². The zero-order chi connectivity index (χ0) is 14.7. The van der Waals surface area contributed by atoms with Gasteiger partial charge in [-0.1, -0.05) is 55.8 Å². The Bertz CT molecular complexity index is 580. The molecule has 0 fully saturated rings. The smallest absolute Gasteiger partial charge is 0.124 e. The average Bonchev–Trinajstić information content (AvgIpc) is 2.46. The third-order valence-corrected chi connectivity index (χ3v) is 4.02. The monoisotopic (exact) mass is 292 g/mol. The van der Waals surface area contributed by atoms with Gasteiger partial charge in [0.25, 0.3) is 0 Å². The number of aliphatic hydroxyl groups is 1. The van der Waals surface area contributed by atoms with E-state index in [2.05, 4.69) is 13.8 Å². The summed E-state index contributed by atoms with van der Waals surface area (Å²) in [6.07, 6.45) is 0.236. The van der Waals surface area contributed by atoms with Gasteiger partial charge in [-0.2, -0.15) is 0 Å². The summed E-state index contributed by atoms with van der Waals surface area (Å²) in [6, 6.07) is 11.9. The zero-order valence-corrected chi connectivity index (χ0v) is 12.4. The zero-order valence-electron chi connectivity index (χ0n) is 11.6. The average molecular weight is 293 g/mol. The molecular formula is C17H18ClFO. The molecule has 0 aliphatic heterocycles. The Morgan fingerprint density at radius 2 is 1.70 bits per heavy atom. The van der Waals surface area contributed by atoms with Crippen molar-refractivity contribution in [2.75, 3.05) is 0 Å². The lowest BCUT2D eigenvalue weighted by atomic mass is 9.95. The molecule has 0 saturated carbocycles. The second kappa shape index (κ2) is 6.38. The normalized spacial score (nSPS) is 14.1. The number of hydrogen-bond donors (Lipinski definition) is 1. The summed E-state index contributed by atoms with van der Waals surface area (Å²) in [5.41, 5.74) is 2.52. The summed E-state index contributed by atoms with van der Waals surface area (Å²) in [4.78, 5) is 0. The molecule has 1 N–H and O–H groups in total. The molecule has 2 rings (SSSR count). The fraction of sp³-hybridized carbons (Fsp3) is 0.294. The van der Waals surface area contributed by atoms with Gasteiger partial charge in [0.1, 0.15) is 11.9 Å². The van der Waals surface area contributed by atoms with Crippen LogP contribution < -0.4 is 0 Å². The first-order valence-electron chi connectivity index (χ1n) is 6.75. The summed E-state index contributed by atoms with van der Waals surface area (Å²) in [5, 5.41) is 10.6. The molecule has 20 heavy (non-hydrogen) atoms. The molecule has 0 aliphatic carbocycles. The minimum Gasteiger partial charge on any atom is -0.384 e. The number of benzene rings is 2. The molecule has 0 aromatic heterocycles. The predicted octanol–water partition coefficient (Wildman–Crippen LogP) is 5.07. The van der Waals surface area contributed by atoms with Crippen LogP contribution in [0.1, 0.15) is 49.0 Å². The molecule has 0 bridgehead atoms. The molecule has 0 radical (unpaired) electrons. The molecule has 0 saturated heterocycles. The second-order valence-corrected chi connectivity index (χ2v) is 5.45. The van der Waals surface area contributed by atoms with Gasteiger partial charge in [0, 0.05) is 10.6 Å². The van der Waals surface area contributed by atoms with Crippen molar-refractivity contribution >= 4 is 11.6 Å². The van der Waals surface area contributed by atoms with Crippen LogP contribution >= 0.6 is 11.6 Å². The summed E-state index contributed by atoms with van der Waals surface area (Å²) < 4.78 is 13.0. The van der Waals surface area contributed by atoms with Crippen molar-refractivity contribution < 1.29 is 9.50 Å². The standard InChI is InChI=1S/C17H18ClFO/c1-3-11(2)12-4-6-13(7-5-12)17(20)15-9-8-14(19)10-16(15)18/h4-11,17,20H,3H2,1-2H3. The molecule has 2 aromatic rings. The molecular weight excluding hydrogens is 275 g/mol. The molecule has 2 atom stereocenters. The Hall–Kier alpha value is -1.38. The highest BCUT2D eigenvalue weighted by molar-refractivity contribution is 6.31. The van der Waals surface area contributed by atoms with E-state index in [0.717, 1.165) is 12.0 Å². The lowest BCUT2D eigenvalue weighted by Gasteiger charge is -2.15. The van der Waals surface area contributed by atoms with E-state index in [0.29, 0.717) is 11.5 Å². The van der Waals surface area contributed by atoms with Crippen LogP contribution in [0.5, 0.6) is 0 Å². The van der Waals surface area contributed by atoms with Gasteiger partial charge in [0.2, 0.25) is 0 Å². The van der Waals surface area contributed by atoms with E-state index in [1.807, 2.05) is 24.3 Å². The van der Waals surface area contributed by atoms with Crippen molar-refractivity contribution in [1.29, 1.82) is 0 Å². The molecule has 106 valence electrons. The van der Waals surface area contributed by atoms with Gasteiger partial charge in [0.05, 0.1) is 0 Å². The fourth-order valence-corrected chi connectivity index (χ4v) is 2.42. The number of rotatable bonds is 4. The van der Waals surface area contributed by atoms with Crippen LogP contribution in [0.15, 0.2) is 42.5 Å². The van der Waals surface area contributed by atoms with Gasteiger partial charge in [0.15, 0.2) is 0 Å². The number of halogens is 2. The van der Waals surface area contributed by atoms with E-state index in [9.17, 15) is 9.50 Å². The Labute approximate surface area is 124 Å². The van der Waals surface area contributed by atoms with Crippen molar-refractivity contribution in [3.05, 3.63) is 70.0 Å². The van der Waals surface area contributed by atoms with E-state index in [-0.39, 0.29) is 5.02 Å². The first-order valence-corrected chi connectivity index (χ1v) is 7.13. The van der Waals surface area contributed by atoms with Gasteiger partial charge in [-0.25, -0.2) is 4.39 Å². The fourth-order valence-electron chi connectivity index (χ4n) is 2.15. The third-order valence-electron chi connectivity index (χ3n) is 3.69. The minimum atomic E-state index is -0.839. The summed E-state index contributed by atoms with van der Waals surface area (Å²) >= 11 is 5.98. The summed E-state index contributed by atoms with van der Waals surface area (Å²) in [5.74, 6) is 0.0914. The Kier molecular flexibility index (Phi) is 4.79. The SMILES string of the molecule is CCC(C)c1ccc(C(O)c2ccc(F)cc2Cl)cc1. The molecule has 0 spiro atoms. The maximum absolute atomic E-state index is 13.0. The number of hydrogen-bond acceptors (Lipinski definition) is 1. The first kappa shape index (κ1) is 15.0. The quantitative estimate of drug-likeness (QED) is 0.833. The van der Waals surface area contributed by atoms with Crippen molar-refractivity contribution in [2.45, 2.75) is 32.3 Å². The van der Waals surface area contributed by atoms with E-state index in [1.54, 1.807) is 0 Å². The van der Waals surface area contributed by atoms with Crippen LogP contribution in [0.4, 0.5) is 4.39 Å². The second-order valence-electron chi connectivity index (χ2n) is 5.04. The van der Waals surface area contributed by atoms with E-state index >= 15 is 0 Å². The molecule has 3 heteroatoms. The highest BCUT2D eigenvalue weighted by Crippen LogP contribution is 2.30. The maximum atomic E-state index is 13.0. The Morgan fingerprint density at radius 1 is 1.10 bits per heavy atom. The van der Waals surface area contributed by atoms with Crippen LogP contribution in [0.3, 0.4) is 0 Å². The Balaban J connectivity index is 2.26. The highest BCUT2D eigenvalue weighted by Gasteiger charge is 2.15. The predicted molar refractivity (Wildman–Crippen MR) is 80.6 cm³/mol. The van der Waals surface area contributed by atoms with Gasteiger partial charge in [-0.15, -0.1) is 0 Å². The Morgan fingerprint density at radius 3 is 2.25 bits per heavy atom. The van der Waals surface area contributed by atoms with Crippen LogP contribution in [0.25, 0.3) is 0 Å².